The van der Waals surface area contributed by atoms with Crippen molar-refractivity contribution in [3.05, 3.63) is 0 Å². The van der Waals surface area contributed by atoms with Gasteiger partial charge in [0.25, 0.3) is 0 Å². The van der Waals surface area contributed by atoms with Crippen LogP contribution in [0.2, 0.25) is 0 Å². The van der Waals surface area contributed by atoms with Gasteiger partial charge in [0.1, 0.15) is 0 Å². The predicted molar refractivity (Wildman–Crippen MR) is 98.5 cm³/mol. The summed E-state index contributed by atoms with van der Waals surface area (Å²) < 4.78 is 28.5. The van der Waals surface area contributed by atoms with Crippen molar-refractivity contribution in [1.82, 2.24) is 0 Å². The minimum Gasteiger partial charge on any atom is -0.465 e. The second kappa shape index (κ2) is 14.9. The zero-order chi connectivity index (χ0) is 18.3. The third kappa shape index (κ3) is 9.80. The van der Waals surface area contributed by atoms with E-state index in [0.29, 0.717) is 13.0 Å². The van der Waals surface area contributed by atoms with Crippen LogP contribution < -0.4 is 0 Å². The number of hydrogen-bond acceptors (Lipinski definition) is 5. The van der Waals surface area contributed by atoms with Gasteiger partial charge in [-0.3, -0.25) is 9.36 Å². The third-order valence-electron chi connectivity index (χ3n) is 3.90. The van der Waals surface area contributed by atoms with E-state index >= 15 is 0 Å². The van der Waals surface area contributed by atoms with E-state index in [-0.39, 0.29) is 13.2 Å². The van der Waals surface area contributed by atoms with Gasteiger partial charge in [0.2, 0.25) is 0 Å². The molecule has 0 fully saturated rings. The zero-order valence-electron chi connectivity index (χ0n) is 16.1. The standard InChI is InChI=1S/C18H37O5P/c1-5-9-10-11-12-13-14-15-16-21-18(19)17(6-2)24(20,22-7-3)23-8-4/h17H,5-16H2,1-4H3. The molecular formula is C18H37O5P. The van der Waals surface area contributed by atoms with Crippen LogP contribution in [-0.2, 0) is 23.1 Å². The summed E-state index contributed by atoms with van der Waals surface area (Å²) in [5.41, 5.74) is -0.827. The average molecular weight is 364 g/mol. The fraction of sp³-hybridized carbons (Fsp3) is 0.944. The minimum absolute atomic E-state index is 0.249. The molecule has 144 valence electrons. The fourth-order valence-electron chi connectivity index (χ4n) is 2.60. The van der Waals surface area contributed by atoms with Crippen LogP contribution in [0.5, 0.6) is 0 Å². The van der Waals surface area contributed by atoms with Gasteiger partial charge in [-0.25, -0.2) is 0 Å². The number of carbonyl (C=O) groups is 1. The summed E-state index contributed by atoms with van der Waals surface area (Å²) in [4.78, 5) is 12.2. The predicted octanol–water partition coefficient (Wildman–Crippen LogP) is 5.72. The van der Waals surface area contributed by atoms with Gasteiger partial charge in [-0.15, -0.1) is 0 Å². The molecule has 0 heterocycles. The molecule has 0 radical (unpaired) electrons. The molecule has 1 unspecified atom stereocenters. The van der Waals surface area contributed by atoms with Crippen molar-refractivity contribution in [2.24, 2.45) is 0 Å². The Morgan fingerprint density at radius 3 is 1.79 bits per heavy atom. The maximum atomic E-state index is 12.7. The summed E-state index contributed by atoms with van der Waals surface area (Å²) in [5, 5.41) is 0. The molecule has 0 N–H and O–H groups in total. The number of ether oxygens (including phenoxy) is 1. The van der Waals surface area contributed by atoms with Crippen molar-refractivity contribution in [2.75, 3.05) is 19.8 Å². The molecule has 6 heteroatoms. The Bertz CT molecular complexity index is 349. The molecule has 0 aliphatic rings. The van der Waals surface area contributed by atoms with Gasteiger partial charge < -0.3 is 13.8 Å². The van der Waals surface area contributed by atoms with Gasteiger partial charge in [-0.05, 0) is 26.7 Å². The van der Waals surface area contributed by atoms with E-state index in [1.54, 1.807) is 20.8 Å². The molecule has 0 aliphatic carbocycles. The lowest BCUT2D eigenvalue weighted by Crippen LogP contribution is -2.25. The van der Waals surface area contributed by atoms with E-state index in [0.717, 1.165) is 12.8 Å². The first-order valence-corrected chi connectivity index (χ1v) is 11.2. The number of hydrogen-bond donors (Lipinski definition) is 0. The van der Waals surface area contributed by atoms with Crippen molar-refractivity contribution < 1.29 is 23.1 Å². The Hall–Kier alpha value is -0.380. The maximum absolute atomic E-state index is 12.7. The van der Waals surface area contributed by atoms with Gasteiger partial charge >= 0.3 is 13.6 Å². The molecule has 0 aliphatic heterocycles. The summed E-state index contributed by atoms with van der Waals surface area (Å²) >= 11 is 0. The summed E-state index contributed by atoms with van der Waals surface area (Å²) in [6.45, 7) is 8.37. The molecule has 0 aromatic carbocycles. The Kier molecular flexibility index (Phi) is 14.7. The van der Waals surface area contributed by atoms with Gasteiger partial charge in [-0.2, -0.15) is 0 Å². The monoisotopic (exact) mass is 364 g/mol. The number of unbranched alkanes of at least 4 members (excludes halogenated alkanes) is 7. The topological polar surface area (TPSA) is 61.8 Å². The van der Waals surface area contributed by atoms with E-state index in [1.165, 1.54) is 38.5 Å². The van der Waals surface area contributed by atoms with Gasteiger partial charge in [0.05, 0.1) is 19.8 Å². The van der Waals surface area contributed by atoms with E-state index in [9.17, 15) is 9.36 Å². The van der Waals surface area contributed by atoms with Crippen molar-refractivity contribution >= 4 is 13.6 Å². The normalized spacial score (nSPS) is 13.0. The first-order chi connectivity index (χ1) is 11.6. The molecule has 24 heavy (non-hydrogen) atoms. The number of rotatable bonds is 16. The maximum Gasteiger partial charge on any atom is 0.344 e. The third-order valence-corrected chi connectivity index (χ3v) is 6.48. The summed E-state index contributed by atoms with van der Waals surface area (Å²) in [7, 11) is -3.44. The minimum atomic E-state index is -3.44. The van der Waals surface area contributed by atoms with Crippen molar-refractivity contribution in [2.45, 2.75) is 91.1 Å². The second-order valence-corrected chi connectivity index (χ2v) is 8.16. The number of carbonyl (C=O) groups excluding carboxylic acids is 1. The van der Waals surface area contributed by atoms with Gasteiger partial charge in [-0.1, -0.05) is 58.8 Å². The molecule has 5 nitrogen and oxygen atoms in total. The highest BCUT2D eigenvalue weighted by atomic mass is 31.2. The molecule has 0 saturated carbocycles. The summed E-state index contributed by atoms with van der Waals surface area (Å²) in [6, 6.07) is 0. The quantitative estimate of drug-likeness (QED) is 0.199. The van der Waals surface area contributed by atoms with Crippen LogP contribution in [-0.4, -0.2) is 31.4 Å². The largest absolute Gasteiger partial charge is 0.465 e. The Balaban J connectivity index is 4.07. The molecule has 0 aromatic heterocycles. The first-order valence-electron chi connectivity index (χ1n) is 9.61. The van der Waals surface area contributed by atoms with Crippen molar-refractivity contribution in [3.63, 3.8) is 0 Å². The highest BCUT2D eigenvalue weighted by Crippen LogP contribution is 2.54. The van der Waals surface area contributed by atoms with Crippen LogP contribution >= 0.6 is 7.60 Å². The van der Waals surface area contributed by atoms with Crippen LogP contribution in [0.4, 0.5) is 0 Å². The Labute approximate surface area is 148 Å². The first kappa shape index (κ1) is 23.6. The molecule has 0 bridgehead atoms. The van der Waals surface area contributed by atoms with E-state index in [1.807, 2.05) is 0 Å². The van der Waals surface area contributed by atoms with Crippen LogP contribution in [0, 0.1) is 0 Å². The fourth-order valence-corrected chi connectivity index (χ4v) is 4.54. The van der Waals surface area contributed by atoms with Crippen LogP contribution in [0.3, 0.4) is 0 Å². The molecule has 0 spiro atoms. The summed E-state index contributed by atoms with van der Waals surface area (Å²) in [5.74, 6) is -0.467. The van der Waals surface area contributed by atoms with Crippen LogP contribution in [0.1, 0.15) is 85.5 Å². The Morgan fingerprint density at radius 2 is 1.33 bits per heavy atom. The van der Waals surface area contributed by atoms with Crippen LogP contribution in [0.25, 0.3) is 0 Å². The molecule has 0 rings (SSSR count). The lowest BCUT2D eigenvalue weighted by atomic mass is 10.1. The molecule has 0 saturated heterocycles. The van der Waals surface area contributed by atoms with Crippen molar-refractivity contribution in [3.8, 4) is 0 Å². The van der Waals surface area contributed by atoms with E-state index < -0.39 is 19.2 Å². The lowest BCUT2D eigenvalue weighted by Gasteiger charge is -2.23. The van der Waals surface area contributed by atoms with Gasteiger partial charge in [0.15, 0.2) is 5.66 Å². The van der Waals surface area contributed by atoms with E-state index in [2.05, 4.69) is 6.92 Å². The van der Waals surface area contributed by atoms with Crippen LogP contribution in [0.15, 0.2) is 0 Å². The molecule has 0 aromatic rings. The smallest absolute Gasteiger partial charge is 0.344 e. The summed E-state index contributed by atoms with van der Waals surface area (Å²) in [6.07, 6.45) is 9.90. The number of esters is 1. The molecule has 0 amide bonds. The average Bonchev–Trinajstić information content (AvgIpc) is 2.54. The molecule has 1 atom stereocenters. The van der Waals surface area contributed by atoms with Gasteiger partial charge in [0, 0.05) is 0 Å². The zero-order valence-corrected chi connectivity index (χ0v) is 16.9. The van der Waals surface area contributed by atoms with Crippen molar-refractivity contribution in [1.29, 1.82) is 0 Å². The molecular weight excluding hydrogens is 327 g/mol. The lowest BCUT2D eigenvalue weighted by molar-refractivity contribution is -0.143. The second-order valence-electron chi connectivity index (χ2n) is 5.94. The Morgan fingerprint density at radius 1 is 0.833 bits per heavy atom. The SMILES string of the molecule is CCCCCCCCCCOC(=O)C(CC)P(=O)(OCC)OCC. The van der Waals surface area contributed by atoms with E-state index in [4.69, 9.17) is 13.8 Å². The highest BCUT2D eigenvalue weighted by Gasteiger charge is 2.40. The highest BCUT2D eigenvalue weighted by molar-refractivity contribution is 7.55.